The van der Waals surface area contributed by atoms with E-state index in [4.69, 9.17) is 20.5 Å². The normalized spacial score (nSPS) is 11.1. The van der Waals surface area contributed by atoms with E-state index >= 15 is 0 Å². The zero-order valence-electron chi connectivity index (χ0n) is 16.2. The molecule has 0 saturated heterocycles. The molecule has 0 aliphatic carbocycles. The third-order valence-electron chi connectivity index (χ3n) is 4.52. The summed E-state index contributed by atoms with van der Waals surface area (Å²) in [6.45, 7) is 0. The molecule has 3 aromatic heterocycles. The zero-order chi connectivity index (χ0) is 21.0. The van der Waals surface area contributed by atoms with E-state index in [1.165, 1.54) is 11.8 Å². The lowest BCUT2D eigenvalue weighted by Crippen LogP contribution is -2.04. The molecule has 3 heterocycles. The lowest BCUT2D eigenvalue weighted by molar-refractivity contribution is 0.390. The molecule has 0 spiro atoms. The first-order valence-electron chi connectivity index (χ1n) is 9.50. The van der Waals surface area contributed by atoms with Crippen molar-refractivity contribution in [1.29, 1.82) is 0 Å². The summed E-state index contributed by atoms with van der Waals surface area (Å²) in [5, 5.41) is 14.2. The molecule has 0 saturated carbocycles. The summed E-state index contributed by atoms with van der Waals surface area (Å²) in [7, 11) is 0. The maximum absolute atomic E-state index is 6.09. The maximum Gasteiger partial charge on any atom is 0.238 e. The lowest BCUT2D eigenvalue weighted by atomic mass is 10.1. The quantitative estimate of drug-likeness (QED) is 0.305. The van der Waals surface area contributed by atoms with Crippen LogP contribution in [0.2, 0.25) is 5.02 Å². The predicted octanol–water partition coefficient (Wildman–Crippen LogP) is 5.45. The molecule has 0 radical (unpaired) electrons. The number of thioether (sulfide) groups is 1. The van der Waals surface area contributed by atoms with Crippen LogP contribution in [0.4, 0.5) is 0 Å². The van der Waals surface area contributed by atoms with Crippen molar-refractivity contribution in [2.75, 3.05) is 0 Å². The number of hydrogen-bond acceptors (Lipinski definition) is 7. The molecule has 0 unspecified atom stereocenters. The standard InChI is InChI=1S/C22H16ClN5O2S/c23-16-8-10-17(11-9-16)28-19(13-15-5-2-1-3-6-15)25-26-22(28)31-14-20-24-21(27-30-20)18-7-4-12-29-18/h1-12H,13-14H2. The van der Waals surface area contributed by atoms with Crippen molar-refractivity contribution >= 4 is 23.4 Å². The summed E-state index contributed by atoms with van der Waals surface area (Å²) in [4.78, 5) is 4.39. The number of halogens is 1. The van der Waals surface area contributed by atoms with Crippen molar-refractivity contribution in [1.82, 2.24) is 24.9 Å². The summed E-state index contributed by atoms with van der Waals surface area (Å²) in [6, 6.07) is 21.3. The van der Waals surface area contributed by atoms with Gasteiger partial charge in [0.1, 0.15) is 5.82 Å². The van der Waals surface area contributed by atoms with Gasteiger partial charge in [-0.05, 0) is 42.0 Å². The second-order valence-corrected chi connectivity index (χ2v) is 8.03. The average molecular weight is 450 g/mol. The predicted molar refractivity (Wildman–Crippen MR) is 117 cm³/mol. The summed E-state index contributed by atoms with van der Waals surface area (Å²) in [5.41, 5.74) is 2.09. The van der Waals surface area contributed by atoms with Gasteiger partial charge in [-0.3, -0.25) is 4.57 Å². The second-order valence-electron chi connectivity index (χ2n) is 6.65. The van der Waals surface area contributed by atoms with Crippen LogP contribution in [0.5, 0.6) is 0 Å². The Hall–Kier alpha value is -3.36. The third-order valence-corrected chi connectivity index (χ3v) is 5.69. The number of hydrogen-bond donors (Lipinski definition) is 0. The number of benzene rings is 2. The number of aromatic nitrogens is 5. The molecule has 9 heteroatoms. The Kier molecular flexibility index (Phi) is 5.56. The van der Waals surface area contributed by atoms with Crippen LogP contribution in [0.3, 0.4) is 0 Å². The van der Waals surface area contributed by atoms with Gasteiger partial charge in [0, 0.05) is 17.1 Å². The molecule has 2 aromatic carbocycles. The second kappa shape index (κ2) is 8.79. The Bertz CT molecular complexity index is 1270. The number of nitrogens with zero attached hydrogens (tertiary/aromatic N) is 5. The molecular weight excluding hydrogens is 434 g/mol. The first-order valence-corrected chi connectivity index (χ1v) is 10.9. The first kappa shape index (κ1) is 19.6. The zero-order valence-corrected chi connectivity index (χ0v) is 17.8. The van der Waals surface area contributed by atoms with Gasteiger partial charge in [-0.1, -0.05) is 58.9 Å². The Morgan fingerprint density at radius 3 is 2.55 bits per heavy atom. The Morgan fingerprint density at radius 2 is 1.77 bits per heavy atom. The topological polar surface area (TPSA) is 82.8 Å². The minimum absolute atomic E-state index is 0.421. The first-order chi connectivity index (χ1) is 15.3. The molecule has 0 fully saturated rings. The van der Waals surface area contributed by atoms with Gasteiger partial charge < -0.3 is 8.94 Å². The van der Waals surface area contributed by atoms with E-state index in [2.05, 4.69) is 32.5 Å². The molecule has 5 rings (SSSR count). The van der Waals surface area contributed by atoms with Gasteiger partial charge >= 0.3 is 0 Å². The summed E-state index contributed by atoms with van der Waals surface area (Å²) in [5.74, 6) is 2.74. The molecule has 0 atom stereocenters. The van der Waals surface area contributed by atoms with Crippen molar-refractivity contribution in [3.8, 4) is 17.3 Å². The van der Waals surface area contributed by atoms with Crippen molar-refractivity contribution < 1.29 is 8.94 Å². The van der Waals surface area contributed by atoms with E-state index in [0.717, 1.165) is 22.2 Å². The maximum atomic E-state index is 6.09. The Morgan fingerprint density at radius 1 is 0.935 bits per heavy atom. The van der Waals surface area contributed by atoms with Crippen LogP contribution in [0.15, 0.2) is 87.1 Å². The number of furan rings is 1. The van der Waals surface area contributed by atoms with Gasteiger partial charge in [0.2, 0.25) is 11.7 Å². The number of rotatable bonds is 7. The van der Waals surface area contributed by atoms with E-state index in [1.54, 1.807) is 18.4 Å². The molecule has 0 aliphatic heterocycles. The molecule has 0 bridgehead atoms. The molecule has 5 aromatic rings. The molecular formula is C22H16ClN5O2S. The van der Waals surface area contributed by atoms with Crippen LogP contribution in [-0.2, 0) is 12.2 Å². The van der Waals surface area contributed by atoms with Crippen LogP contribution in [0.25, 0.3) is 17.3 Å². The Balaban J connectivity index is 1.42. The largest absolute Gasteiger partial charge is 0.461 e. The molecule has 7 nitrogen and oxygen atoms in total. The average Bonchev–Trinajstić information content (AvgIpc) is 3.55. The van der Waals surface area contributed by atoms with Crippen LogP contribution in [0.1, 0.15) is 17.3 Å². The fourth-order valence-corrected chi connectivity index (χ4v) is 4.02. The minimum atomic E-state index is 0.421. The molecule has 154 valence electrons. The van der Waals surface area contributed by atoms with Gasteiger partial charge in [0.15, 0.2) is 10.9 Å². The van der Waals surface area contributed by atoms with E-state index < -0.39 is 0 Å². The van der Waals surface area contributed by atoms with Crippen LogP contribution >= 0.6 is 23.4 Å². The highest BCUT2D eigenvalue weighted by atomic mass is 35.5. The van der Waals surface area contributed by atoms with Gasteiger partial charge in [-0.25, -0.2) is 0 Å². The molecule has 0 amide bonds. The highest BCUT2D eigenvalue weighted by Crippen LogP contribution is 2.27. The van der Waals surface area contributed by atoms with Crippen molar-refractivity contribution in [2.45, 2.75) is 17.3 Å². The monoisotopic (exact) mass is 449 g/mol. The lowest BCUT2D eigenvalue weighted by Gasteiger charge is -2.10. The van der Waals surface area contributed by atoms with Crippen LogP contribution in [-0.4, -0.2) is 24.9 Å². The minimum Gasteiger partial charge on any atom is -0.461 e. The smallest absolute Gasteiger partial charge is 0.238 e. The third kappa shape index (κ3) is 4.40. The highest BCUT2D eigenvalue weighted by Gasteiger charge is 2.17. The molecule has 0 N–H and O–H groups in total. The fourth-order valence-electron chi connectivity index (χ4n) is 3.08. The van der Waals surface area contributed by atoms with E-state index in [9.17, 15) is 0 Å². The Labute approximate surface area is 187 Å². The van der Waals surface area contributed by atoms with Gasteiger partial charge in [-0.2, -0.15) is 4.98 Å². The van der Waals surface area contributed by atoms with Crippen molar-refractivity contribution in [3.05, 3.63) is 95.3 Å². The van der Waals surface area contributed by atoms with Crippen molar-refractivity contribution in [3.63, 3.8) is 0 Å². The van der Waals surface area contributed by atoms with Gasteiger partial charge in [0.25, 0.3) is 0 Å². The van der Waals surface area contributed by atoms with Gasteiger partial charge in [-0.15, -0.1) is 10.2 Å². The molecule has 0 aliphatic rings. The highest BCUT2D eigenvalue weighted by molar-refractivity contribution is 7.98. The SMILES string of the molecule is Clc1ccc(-n2c(Cc3ccccc3)nnc2SCc2nc(-c3ccco3)no2)cc1. The van der Waals surface area contributed by atoms with E-state index in [1.807, 2.05) is 47.0 Å². The van der Waals surface area contributed by atoms with Crippen LogP contribution < -0.4 is 0 Å². The summed E-state index contributed by atoms with van der Waals surface area (Å²) < 4.78 is 12.7. The van der Waals surface area contributed by atoms with E-state index in [0.29, 0.717) is 34.7 Å². The van der Waals surface area contributed by atoms with E-state index in [-0.39, 0.29) is 0 Å². The summed E-state index contributed by atoms with van der Waals surface area (Å²) >= 11 is 7.56. The van der Waals surface area contributed by atoms with Gasteiger partial charge in [0.05, 0.1) is 12.0 Å². The fraction of sp³-hybridized carbons (Fsp3) is 0.0909. The van der Waals surface area contributed by atoms with Crippen LogP contribution in [0, 0.1) is 0 Å². The molecule has 31 heavy (non-hydrogen) atoms. The summed E-state index contributed by atoms with van der Waals surface area (Å²) in [6.07, 6.45) is 2.23. The van der Waals surface area contributed by atoms with Crippen molar-refractivity contribution in [2.24, 2.45) is 0 Å².